The van der Waals surface area contributed by atoms with Crippen molar-refractivity contribution < 1.29 is 0 Å². The van der Waals surface area contributed by atoms with Gasteiger partial charge in [-0.3, -0.25) is 0 Å². The van der Waals surface area contributed by atoms with Crippen LogP contribution in [0.15, 0.2) is 0 Å². The van der Waals surface area contributed by atoms with E-state index in [1.54, 1.807) is 0 Å². The Hall–Kier alpha value is 0.250. The summed E-state index contributed by atoms with van der Waals surface area (Å²) < 4.78 is 0. The summed E-state index contributed by atoms with van der Waals surface area (Å²) in [5.41, 5.74) is 0. The molecule has 1 fully saturated rings. The van der Waals surface area contributed by atoms with Crippen molar-refractivity contribution in [1.82, 2.24) is 5.32 Å². The Balaban J connectivity index is 1.96. The Morgan fingerprint density at radius 1 is 1.67 bits per heavy atom. The minimum atomic E-state index is 0.442. The van der Waals surface area contributed by atoms with Crippen LogP contribution < -0.4 is 5.32 Å². The molecule has 1 atom stereocenters. The summed E-state index contributed by atoms with van der Waals surface area (Å²) in [4.78, 5) is 0. The molecule has 1 N–H and O–H groups in total. The number of nitrogens with one attached hydrogen (secondary N) is 1. The first-order chi connectivity index (χ1) is 4.34. The van der Waals surface area contributed by atoms with E-state index in [0.717, 1.165) is 18.9 Å². The third-order valence-corrected chi connectivity index (χ3v) is 2.38. The molecule has 1 rings (SSSR count). The Labute approximate surface area is 61.8 Å². The summed E-state index contributed by atoms with van der Waals surface area (Å²) in [6, 6.07) is 0. The van der Waals surface area contributed by atoms with Crippen LogP contribution >= 0.6 is 11.6 Å². The first kappa shape index (κ1) is 7.36. The van der Waals surface area contributed by atoms with E-state index < -0.39 is 0 Å². The van der Waals surface area contributed by atoms with Crippen molar-refractivity contribution >= 4 is 11.6 Å². The molecule has 9 heavy (non-hydrogen) atoms. The van der Waals surface area contributed by atoms with E-state index in [4.69, 9.17) is 11.6 Å². The molecular formula is C7H14ClN. The number of halogens is 1. The van der Waals surface area contributed by atoms with Crippen LogP contribution in [-0.2, 0) is 0 Å². The number of hydrogen-bond donors (Lipinski definition) is 1. The minimum Gasteiger partial charge on any atom is -0.320 e. The molecule has 0 amide bonds. The highest BCUT2D eigenvalue weighted by molar-refractivity contribution is 6.20. The summed E-state index contributed by atoms with van der Waals surface area (Å²) in [7, 11) is 1.97. The lowest BCUT2D eigenvalue weighted by molar-refractivity contribution is 0.639. The summed E-state index contributed by atoms with van der Waals surface area (Å²) in [6.45, 7) is 1.06. The van der Waals surface area contributed by atoms with Gasteiger partial charge in [-0.1, -0.05) is 0 Å². The number of alkyl halides is 1. The van der Waals surface area contributed by atoms with Crippen LogP contribution in [0.1, 0.15) is 19.3 Å². The molecule has 0 saturated heterocycles. The Morgan fingerprint density at radius 3 is 2.78 bits per heavy atom. The average molecular weight is 148 g/mol. The zero-order valence-electron chi connectivity index (χ0n) is 5.86. The maximum Gasteiger partial charge on any atom is 0.0376 e. The van der Waals surface area contributed by atoms with Crippen LogP contribution in [0.4, 0.5) is 0 Å². The minimum absolute atomic E-state index is 0.442. The Morgan fingerprint density at radius 2 is 2.33 bits per heavy atom. The highest BCUT2D eigenvalue weighted by atomic mass is 35.5. The standard InChI is InChI=1S/C7H14ClN/c1-9-5-4-7(8)6-2-3-6/h6-7,9H,2-5H2,1H3. The van der Waals surface area contributed by atoms with Gasteiger partial charge in [0.2, 0.25) is 0 Å². The van der Waals surface area contributed by atoms with Crippen LogP contribution in [0.3, 0.4) is 0 Å². The normalized spacial score (nSPS) is 22.0. The van der Waals surface area contributed by atoms with Gasteiger partial charge in [-0.05, 0) is 38.8 Å². The molecule has 0 aromatic heterocycles. The molecule has 0 aromatic rings. The predicted octanol–water partition coefficient (Wildman–Crippen LogP) is 1.61. The highest BCUT2D eigenvalue weighted by Crippen LogP contribution is 2.36. The second kappa shape index (κ2) is 3.43. The fraction of sp³-hybridized carbons (Fsp3) is 1.00. The van der Waals surface area contributed by atoms with E-state index in [-0.39, 0.29) is 0 Å². The second-order valence-corrected chi connectivity index (χ2v) is 3.31. The maximum atomic E-state index is 6.02. The average Bonchev–Trinajstić information content (AvgIpc) is 2.63. The van der Waals surface area contributed by atoms with Gasteiger partial charge in [0, 0.05) is 5.38 Å². The van der Waals surface area contributed by atoms with Crippen LogP contribution in [0.5, 0.6) is 0 Å². The zero-order valence-corrected chi connectivity index (χ0v) is 6.62. The number of rotatable bonds is 4. The topological polar surface area (TPSA) is 12.0 Å². The summed E-state index contributed by atoms with van der Waals surface area (Å²) in [5, 5.41) is 3.54. The maximum absolute atomic E-state index is 6.02. The molecule has 0 aliphatic heterocycles. The smallest absolute Gasteiger partial charge is 0.0376 e. The molecule has 0 spiro atoms. The molecule has 1 unspecified atom stereocenters. The zero-order chi connectivity index (χ0) is 6.69. The van der Waals surface area contributed by atoms with Crippen LogP contribution in [-0.4, -0.2) is 19.0 Å². The second-order valence-electron chi connectivity index (χ2n) is 2.75. The molecule has 0 radical (unpaired) electrons. The van der Waals surface area contributed by atoms with Crippen LogP contribution in [0.2, 0.25) is 0 Å². The largest absolute Gasteiger partial charge is 0.320 e. The van der Waals surface area contributed by atoms with Gasteiger partial charge in [-0.2, -0.15) is 0 Å². The molecule has 54 valence electrons. The molecule has 0 heterocycles. The summed E-state index contributed by atoms with van der Waals surface area (Å²) >= 11 is 6.02. The fourth-order valence-corrected chi connectivity index (χ4v) is 1.34. The van der Waals surface area contributed by atoms with Crippen LogP contribution in [0.25, 0.3) is 0 Å². The lowest BCUT2D eigenvalue weighted by Gasteiger charge is -2.05. The Bertz CT molecular complexity index is 81.0. The SMILES string of the molecule is CNCCC(Cl)C1CC1. The Kier molecular flexibility index (Phi) is 2.80. The fourth-order valence-electron chi connectivity index (χ4n) is 0.976. The van der Waals surface area contributed by atoms with Gasteiger partial charge in [-0.25, -0.2) is 0 Å². The number of hydrogen-bond acceptors (Lipinski definition) is 1. The lowest BCUT2D eigenvalue weighted by Crippen LogP contribution is -2.14. The molecule has 1 aliphatic rings. The van der Waals surface area contributed by atoms with Crippen molar-refractivity contribution in [2.45, 2.75) is 24.6 Å². The van der Waals surface area contributed by atoms with Crippen molar-refractivity contribution in [2.75, 3.05) is 13.6 Å². The van der Waals surface area contributed by atoms with E-state index in [9.17, 15) is 0 Å². The molecule has 1 saturated carbocycles. The van der Waals surface area contributed by atoms with Gasteiger partial charge in [0.05, 0.1) is 0 Å². The molecular weight excluding hydrogens is 134 g/mol. The van der Waals surface area contributed by atoms with Gasteiger partial charge in [0.1, 0.15) is 0 Å². The lowest BCUT2D eigenvalue weighted by atomic mass is 10.2. The molecule has 0 aromatic carbocycles. The van der Waals surface area contributed by atoms with E-state index >= 15 is 0 Å². The van der Waals surface area contributed by atoms with E-state index in [2.05, 4.69) is 5.32 Å². The van der Waals surface area contributed by atoms with E-state index in [1.165, 1.54) is 12.8 Å². The summed E-state index contributed by atoms with van der Waals surface area (Å²) in [5.74, 6) is 0.847. The van der Waals surface area contributed by atoms with Gasteiger partial charge < -0.3 is 5.32 Å². The van der Waals surface area contributed by atoms with Crippen molar-refractivity contribution in [3.8, 4) is 0 Å². The third kappa shape index (κ3) is 2.55. The van der Waals surface area contributed by atoms with Crippen molar-refractivity contribution in [1.29, 1.82) is 0 Å². The van der Waals surface area contributed by atoms with Crippen LogP contribution in [0, 0.1) is 5.92 Å². The van der Waals surface area contributed by atoms with Crippen molar-refractivity contribution in [2.24, 2.45) is 5.92 Å². The van der Waals surface area contributed by atoms with Crippen molar-refractivity contribution in [3.63, 3.8) is 0 Å². The van der Waals surface area contributed by atoms with Gasteiger partial charge in [0.15, 0.2) is 0 Å². The first-order valence-corrected chi connectivity index (χ1v) is 4.07. The predicted molar refractivity (Wildman–Crippen MR) is 40.9 cm³/mol. The summed E-state index contributed by atoms with van der Waals surface area (Å²) in [6.07, 6.45) is 3.85. The van der Waals surface area contributed by atoms with E-state index in [1.807, 2.05) is 7.05 Å². The molecule has 1 aliphatic carbocycles. The quantitative estimate of drug-likeness (QED) is 0.596. The monoisotopic (exact) mass is 147 g/mol. The highest BCUT2D eigenvalue weighted by Gasteiger charge is 2.28. The molecule has 2 heteroatoms. The molecule has 0 bridgehead atoms. The third-order valence-electron chi connectivity index (χ3n) is 1.80. The van der Waals surface area contributed by atoms with E-state index in [0.29, 0.717) is 5.38 Å². The van der Waals surface area contributed by atoms with Crippen molar-refractivity contribution in [3.05, 3.63) is 0 Å². The van der Waals surface area contributed by atoms with Gasteiger partial charge in [-0.15, -0.1) is 11.6 Å². The first-order valence-electron chi connectivity index (χ1n) is 3.63. The molecule has 1 nitrogen and oxygen atoms in total. The van der Waals surface area contributed by atoms with Gasteiger partial charge >= 0.3 is 0 Å². The van der Waals surface area contributed by atoms with Gasteiger partial charge in [0.25, 0.3) is 0 Å².